The molecule has 2 rings (SSSR count). The van der Waals surface area contributed by atoms with E-state index < -0.39 is 0 Å². The fourth-order valence-corrected chi connectivity index (χ4v) is 1.91. The van der Waals surface area contributed by atoms with Crippen molar-refractivity contribution >= 4 is 34.1 Å². The fraction of sp³-hybridized carbons (Fsp3) is 0.100. The van der Waals surface area contributed by atoms with E-state index in [2.05, 4.69) is 4.98 Å². The van der Waals surface area contributed by atoms with E-state index in [0.717, 1.165) is 0 Å². The average Bonchev–Trinajstić information content (AvgIpc) is 2.14. The van der Waals surface area contributed by atoms with Crippen LogP contribution in [0.15, 0.2) is 18.3 Å². The number of aryl methyl sites for hydroxylation is 1. The molecular weight excluding hydrogens is 224 g/mol. The molecule has 1 heterocycles. The van der Waals surface area contributed by atoms with Gasteiger partial charge in [-0.2, -0.15) is 0 Å². The van der Waals surface area contributed by atoms with Gasteiger partial charge in [0.25, 0.3) is 0 Å². The quantitative estimate of drug-likeness (QED) is 0.666. The first kappa shape index (κ1) is 9.69. The van der Waals surface area contributed by atoms with Gasteiger partial charge >= 0.3 is 0 Å². The predicted molar refractivity (Wildman–Crippen MR) is 56.5 cm³/mol. The van der Waals surface area contributed by atoms with Gasteiger partial charge in [-0.1, -0.05) is 23.2 Å². The van der Waals surface area contributed by atoms with Crippen LogP contribution in [0.5, 0.6) is 0 Å². The third-order valence-electron chi connectivity index (χ3n) is 2.11. The molecule has 14 heavy (non-hydrogen) atoms. The van der Waals surface area contributed by atoms with Crippen LogP contribution in [-0.2, 0) is 0 Å². The number of nitrogens with zero attached hydrogens (tertiary/aromatic N) is 1. The lowest BCUT2D eigenvalue weighted by Gasteiger charge is -2.06. The Morgan fingerprint density at radius 1 is 1.29 bits per heavy atom. The Morgan fingerprint density at radius 2 is 2.00 bits per heavy atom. The van der Waals surface area contributed by atoms with Crippen molar-refractivity contribution in [2.45, 2.75) is 6.92 Å². The van der Waals surface area contributed by atoms with Gasteiger partial charge < -0.3 is 0 Å². The Morgan fingerprint density at radius 3 is 2.71 bits per heavy atom. The monoisotopic (exact) mass is 229 g/mol. The van der Waals surface area contributed by atoms with Crippen LogP contribution >= 0.6 is 23.2 Å². The molecule has 0 radical (unpaired) electrons. The maximum atomic E-state index is 13.3. The van der Waals surface area contributed by atoms with Crippen molar-refractivity contribution < 1.29 is 4.39 Å². The second kappa shape index (κ2) is 3.37. The first-order valence-corrected chi connectivity index (χ1v) is 4.75. The molecule has 1 aromatic heterocycles. The van der Waals surface area contributed by atoms with Crippen molar-refractivity contribution in [2.24, 2.45) is 0 Å². The Balaban J connectivity index is 3.03. The third-order valence-corrected chi connectivity index (χ3v) is 2.72. The van der Waals surface area contributed by atoms with Crippen molar-refractivity contribution in [2.75, 3.05) is 0 Å². The van der Waals surface area contributed by atoms with Crippen LogP contribution in [0.25, 0.3) is 10.9 Å². The van der Waals surface area contributed by atoms with E-state index in [9.17, 15) is 4.39 Å². The summed E-state index contributed by atoms with van der Waals surface area (Å²) in [6.45, 7) is 1.65. The molecule has 0 N–H and O–H groups in total. The minimum absolute atomic E-state index is 0.283. The second-order valence-corrected chi connectivity index (χ2v) is 3.80. The first-order valence-electron chi connectivity index (χ1n) is 4.00. The minimum Gasteiger partial charge on any atom is -0.255 e. The number of rotatable bonds is 0. The molecule has 0 spiro atoms. The number of halogens is 3. The molecule has 0 amide bonds. The smallest absolute Gasteiger partial charge is 0.128 e. The lowest BCUT2D eigenvalue weighted by molar-refractivity contribution is 0.621. The number of pyridine rings is 1. The summed E-state index contributed by atoms with van der Waals surface area (Å²) in [7, 11) is 0. The summed E-state index contributed by atoms with van der Waals surface area (Å²) < 4.78 is 13.3. The van der Waals surface area contributed by atoms with Crippen molar-refractivity contribution in [1.82, 2.24) is 4.98 Å². The van der Waals surface area contributed by atoms with Gasteiger partial charge in [0.2, 0.25) is 0 Å². The van der Waals surface area contributed by atoms with Crippen molar-refractivity contribution in [1.29, 1.82) is 0 Å². The zero-order valence-corrected chi connectivity index (χ0v) is 8.83. The number of benzene rings is 1. The number of aromatic nitrogens is 1. The SMILES string of the molecule is Cc1c(F)cc(Cl)c2nccc(Cl)c12. The molecule has 0 atom stereocenters. The summed E-state index contributed by atoms with van der Waals surface area (Å²) in [5.41, 5.74) is 1.01. The highest BCUT2D eigenvalue weighted by Gasteiger charge is 2.11. The largest absolute Gasteiger partial charge is 0.255 e. The molecule has 2 aromatic rings. The summed E-state index contributed by atoms with van der Waals surface area (Å²) in [5, 5.41) is 1.33. The van der Waals surface area contributed by atoms with Gasteiger partial charge in [0.1, 0.15) is 5.82 Å². The van der Waals surface area contributed by atoms with Crippen LogP contribution in [0.3, 0.4) is 0 Å². The van der Waals surface area contributed by atoms with Crippen LogP contribution in [0.2, 0.25) is 10.0 Å². The molecule has 1 aromatic carbocycles. The van der Waals surface area contributed by atoms with Gasteiger partial charge in [-0.05, 0) is 24.6 Å². The van der Waals surface area contributed by atoms with Crippen LogP contribution in [0.1, 0.15) is 5.56 Å². The normalized spacial score (nSPS) is 10.9. The molecule has 4 heteroatoms. The summed E-state index contributed by atoms with van der Waals surface area (Å²) >= 11 is 11.8. The van der Waals surface area contributed by atoms with Gasteiger partial charge in [-0.25, -0.2) is 4.39 Å². The molecule has 0 aliphatic rings. The second-order valence-electron chi connectivity index (χ2n) is 2.98. The Hall–Kier alpha value is -0.860. The number of hydrogen-bond acceptors (Lipinski definition) is 1. The standard InChI is InChI=1S/C10H6Cl2FN/c1-5-8(13)4-7(12)10-9(5)6(11)2-3-14-10/h2-4H,1H3. The highest BCUT2D eigenvalue weighted by atomic mass is 35.5. The van der Waals surface area contributed by atoms with Crippen LogP contribution in [-0.4, -0.2) is 4.98 Å². The van der Waals surface area contributed by atoms with E-state index in [0.29, 0.717) is 21.5 Å². The van der Waals surface area contributed by atoms with Gasteiger partial charge in [0.05, 0.1) is 15.6 Å². The molecule has 0 unspecified atom stereocenters. The summed E-state index contributed by atoms with van der Waals surface area (Å²) in [4.78, 5) is 4.06. The molecule has 0 saturated carbocycles. The van der Waals surface area contributed by atoms with E-state index in [-0.39, 0.29) is 10.8 Å². The van der Waals surface area contributed by atoms with Crippen molar-refractivity contribution in [3.8, 4) is 0 Å². The third kappa shape index (κ3) is 1.35. The maximum absolute atomic E-state index is 13.3. The van der Waals surface area contributed by atoms with Crippen LogP contribution < -0.4 is 0 Å². The highest BCUT2D eigenvalue weighted by molar-refractivity contribution is 6.39. The van der Waals surface area contributed by atoms with Crippen molar-refractivity contribution in [3.63, 3.8) is 0 Å². The van der Waals surface area contributed by atoms with E-state index in [1.54, 1.807) is 19.2 Å². The highest BCUT2D eigenvalue weighted by Crippen LogP contribution is 2.31. The zero-order chi connectivity index (χ0) is 10.3. The van der Waals surface area contributed by atoms with E-state index in [1.165, 1.54) is 6.07 Å². The number of fused-ring (bicyclic) bond motifs is 1. The van der Waals surface area contributed by atoms with Gasteiger partial charge in [0.15, 0.2) is 0 Å². The van der Waals surface area contributed by atoms with E-state index >= 15 is 0 Å². The molecule has 0 aliphatic carbocycles. The Kier molecular flexibility index (Phi) is 2.33. The zero-order valence-electron chi connectivity index (χ0n) is 7.31. The molecule has 0 saturated heterocycles. The van der Waals surface area contributed by atoms with Crippen molar-refractivity contribution in [3.05, 3.63) is 39.8 Å². The Bertz CT molecular complexity index is 511. The summed E-state index contributed by atoms with van der Waals surface area (Å²) in [6, 6.07) is 2.87. The lowest BCUT2D eigenvalue weighted by Crippen LogP contribution is -1.89. The Labute approximate surface area is 90.5 Å². The van der Waals surface area contributed by atoms with Gasteiger partial charge in [-0.3, -0.25) is 4.98 Å². The lowest BCUT2D eigenvalue weighted by atomic mass is 10.1. The molecule has 0 aliphatic heterocycles. The molecule has 1 nitrogen and oxygen atoms in total. The number of hydrogen-bond donors (Lipinski definition) is 0. The van der Waals surface area contributed by atoms with Crippen LogP contribution in [0, 0.1) is 12.7 Å². The molecular formula is C10H6Cl2FN. The topological polar surface area (TPSA) is 12.9 Å². The fourth-order valence-electron chi connectivity index (χ4n) is 1.38. The summed E-state index contributed by atoms with van der Waals surface area (Å²) in [5.74, 6) is -0.364. The van der Waals surface area contributed by atoms with Gasteiger partial charge in [-0.15, -0.1) is 0 Å². The van der Waals surface area contributed by atoms with E-state index in [4.69, 9.17) is 23.2 Å². The first-order chi connectivity index (χ1) is 6.61. The van der Waals surface area contributed by atoms with E-state index in [1.807, 2.05) is 0 Å². The van der Waals surface area contributed by atoms with Gasteiger partial charge in [0, 0.05) is 11.6 Å². The predicted octanol–water partition coefficient (Wildman–Crippen LogP) is 3.99. The minimum atomic E-state index is -0.364. The van der Waals surface area contributed by atoms with Crippen LogP contribution in [0.4, 0.5) is 4.39 Å². The molecule has 0 fully saturated rings. The molecule has 0 bridgehead atoms. The summed E-state index contributed by atoms with van der Waals surface area (Å²) in [6.07, 6.45) is 1.55. The average molecular weight is 230 g/mol. The molecule has 72 valence electrons. The maximum Gasteiger partial charge on any atom is 0.128 e.